The van der Waals surface area contributed by atoms with Crippen LogP contribution in [0.5, 0.6) is 0 Å². The molecular formula is C18H21N3O4. The van der Waals surface area contributed by atoms with Crippen LogP contribution < -0.4 is 5.32 Å². The van der Waals surface area contributed by atoms with Crippen molar-refractivity contribution >= 4 is 11.9 Å². The number of carboxylic acid groups (broad SMARTS) is 1. The van der Waals surface area contributed by atoms with Crippen LogP contribution in [0.15, 0.2) is 34.7 Å². The Hall–Kier alpha value is -2.70. The van der Waals surface area contributed by atoms with Gasteiger partial charge in [0.1, 0.15) is 0 Å². The van der Waals surface area contributed by atoms with E-state index in [2.05, 4.69) is 15.5 Å². The number of carbonyl (C=O) groups excluding carboxylic acids is 1. The van der Waals surface area contributed by atoms with Gasteiger partial charge in [0, 0.05) is 18.4 Å². The molecule has 1 aliphatic carbocycles. The van der Waals surface area contributed by atoms with Crippen molar-refractivity contribution in [2.45, 2.75) is 50.5 Å². The summed E-state index contributed by atoms with van der Waals surface area (Å²) in [6.07, 6.45) is 3.80. The number of nitrogens with zero attached hydrogens (tertiary/aromatic N) is 2. The quantitative estimate of drug-likeness (QED) is 0.800. The Kier molecular flexibility index (Phi) is 5.11. The Bertz CT molecular complexity index is 736. The minimum atomic E-state index is -0.883. The largest absolute Gasteiger partial charge is 0.481 e. The smallest absolute Gasteiger partial charge is 0.305 e. The Morgan fingerprint density at radius 1 is 1.16 bits per heavy atom. The van der Waals surface area contributed by atoms with Gasteiger partial charge in [0.25, 0.3) is 0 Å². The zero-order valence-corrected chi connectivity index (χ0v) is 13.9. The Morgan fingerprint density at radius 3 is 2.56 bits per heavy atom. The van der Waals surface area contributed by atoms with E-state index in [0.717, 1.165) is 18.4 Å². The lowest BCUT2D eigenvalue weighted by Crippen LogP contribution is -2.47. The molecule has 1 aliphatic rings. The van der Waals surface area contributed by atoms with Gasteiger partial charge in [-0.15, -0.1) is 10.2 Å². The summed E-state index contributed by atoms with van der Waals surface area (Å²) in [5.41, 5.74) is 0.226. The van der Waals surface area contributed by atoms with Crippen molar-refractivity contribution in [3.63, 3.8) is 0 Å². The van der Waals surface area contributed by atoms with Crippen LogP contribution in [0.3, 0.4) is 0 Å². The van der Waals surface area contributed by atoms with E-state index >= 15 is 0 Å². The average Bonchev–Trinajstić information content (AvgIpc) is 3.23. The molecule has 2 N–H and O–H groups in total. The lowest BCUT2D eigenvalue weighted by Gasteiger charge is -2.28. The monoisotopic (exact) mass is 343 g/mol. The molecular weight excluding hydrogens is 322 g/mol. The van der Waals surface area contributed by atoms with Gasteiger partial charge in [0.2, 0.25) is 17.7 Å². The van der Waals surface area contributed by atoms with Crippen LogP contribution in [-0.4, -0.2) is 32.7 Å². The van der Waals surface area contributed by atoms with Crippen LogP contribution in [0, 0.1) is 0 Å². The highest BCUT2D eigenvalue weighted by Crippen LogP contribution is 2.32. The predicted molar refractivity (Wildman–Crippen MR) is 89.6 cm³/mol. The van der Waals surface area contributed by atoms with Gasteiger partial charge in [0.05, 0.1) is 12.0 Å². The number of benzene rings is 1. The molecule has 2 aromatic rings. The molecule has 3 rings (SSSR count). The van der Waals surface area contributed by atoms with Crippen molar-refractivity contribution in [3.8, 4) is 11.5 Å². The number of aromatic nitrogens is 2. The zero-order valence-electron chi connectivity index (χ0n) is 13.9. The fourth-order valence-corrected chi connectivity index (χ4v) is 3.32. The summed E-state index contributed by atoms with van der Waals surface area (Å²) < 4.78 is 5.58. The number of aliphatic carboxylic acids is 1. The van der Waals surface area contributed by atoms with Gasteiger partial charge in [-0.1, -0.05) is 31.0 Å². The summed E-state index contributed by atoms with van der Waals surface area (Å²) in [7, 11) is 0. The van der Waals surface area contributed by atoms with Crippen LogP contribution >= 0.6 is 0 Å². The van der Waals surface area contributed by atoms with Gasteiger partial charge in [-0.25, -0.2) is 0 Å². The molecule has 1 aromatic heterocycles. The molecule has 1 fully saturated rings. The van der Waals surface area contributed by atoms with Gasteiger partial charge in [-0.05, 0) is 25.0 Å². The third kappa shape index (κ3) is 4.43. The molecule has 7 nitrogen and oxygen atoms in total. The fraction of sp³-hybridized carbons (Fsp3) is 0.444. The highest BCUT2D eigenvalue weighted by atomic mass is 16.4. The van der Waals surface area contributed by atoms with E-state index in [1.165, 1.54) is 0 Å². The van der Waals surface area contributed by atoms with E-state index in [0.29, 0.717) is 31.0 Å². The average molecular weight is 343 g/mol. The molecule has 25 heavy (non-hydrogen) atoms. The maximum atomic E-state index is 12.2. The molecule has 0 radical (unpaired) electrons. The molecule has 132 valence electrons. The van der Waals surface area contributed by atoms with Gasteiger partial charge in [-0.2, -0.15) is 0 Å². The molecule has 1 amide bonds. The maximum absolute atomic E-state index is 12.2. The van der Waals surface area contributed by atoms with Crippen LogP contribution in [0.25, 0.3) is 11.5 Å². The van der Waals surface area contributed by atoms with Gasteiger partial charge >= 0.3 is 5.97 Å². The standard InChI is InChI=1S/C18H21N3O4/c22-14(19-18(12-16(23)24)10-4-5-11-18)8-9-15-20-21-17(25-15)13-6-2-1-3-7-13/h1-3,6-7H,4-5,8-12H2,(H,19,22)(H,23,24). The molecule has 0 aliphatic heterocycles. The SMILES string of the molecule is O=C(O)CC1(NC(=O)CCc2nnc(-c3ccccc3)o2)CCCC1. The fourth-order valence-electron chi connectivity index (χ4n) is 3.32. The number of nitrogens with one attached hydrogen (secondary N) is 1. The van der Waals surface area contributed by atoms with E-state index in [4.69, 9.17) is 9.52 Å². The number of aryl methyl sites for hydroxylation is 1. The second kappa shape index (κ2) is 7.46. The number of amides is 1. The van der Waals surface area contributed by atoms with Crippen molar-refractivity contribution in [1.29, 1.82) is 0 Å². The van der Waals surface area contributed by atoms with E-state index in [1.807, 2.05) is 30.3 Å². The van der Waals surface area contributed by atoms with Gasteiger partial charge < -0.3 is 14.8 Å². The lowest BCUT2D eigenvalue weighted by atomic mass is 9.93. The first-order valence-corrected chi connectivity index (χ1v) is 8.47. The molecule has 0 spiro atoms. The summed E-state index contributed by atoms with van der Waals surface area (Å²) in [6, 6.07) is 9.42. The third-order valence-electron chi connectivity index (χ3n) is 4.51. The minimum absolute atomic E-state index is 0.0303. The first-order chi connectivity index (χ1) is 12.1. The van der Waals surface area contributed by atoms with Crippen molar-refractivity contribution in [3.05, 3.63) is 36.2 Å². The van der Waals surface area contributed by atoms with Gasteiger partial charge in [0.15, 0.2) is 0 Å². The van der Waals surface area contributed by atoms with E-state index in [1.54, 1.807) is 0 Å². The Labute approximate surface area is 145 Å². The number of hydrogen-bond donors (Lipinski definition) is 2. The Balaban J connectivity index is 1.55. The van der Waals surface area contributed by atoms with E-state index < -0.39 is 11.5 Å². The summed E-state index contributed by atoms with van der Waals surface area (Å²) >= 11 is 0. The van der Waals surface area contributed by atoms with E-state index in [-0.39, 0.29) is 18.7 Å². The first kappa shape index (κ1) is 17.1. The van der Waals surface area contributed by atoms with Crippen LogP contribution in [0.1, 0.15) is 44.4 Å². The summed E-state index contributed by atoms with van der Waals surface area (Å²) in [5.74, 6) is -0.240. The topological polar surface area (TPSA) is 105 Å². The number of carboxylic acids is 1. The number of hydrogen-bond acceptors (Lipinski definition) is 5. The second-order valence-corrected chi connectivity index (χ2v) is 6.47. The third-order valence-corrected chi connectivity index (χ3v) is 4.51. The summed E-state index contributed by atoms with van der Waals surface area (Å²) in [5, 5.41) is 20.0. The van der Waals surface area contributed by atoms with Gasteiger partial charge in [-0.3, -0.25) is 9.59 Å². The Morgan fingerprint density at radius 2 is 1.88 bits per heavy atom. The van der Waals surface area contributed by atoms with Crippen LogP contribution in [0.2, 0.25) is 0 Å². The van der Waals surface area contributed by atoms with Crippen molar-refractivity contribution < 1.29 is 19.1 Å². The number of carbonyl (C=O) groups is 2. The van der Waals surface area contributed by atoms with Crippen molar-refractivity contribution in [2.75, 3.05) is 0 Å². The molecule has 1 heterocycles. The summed E-state index contributed by atoms with van der Waals surface area (Å²) in [4.78, 5) is 23.3. The van der Waals surface area contributed by atoms with Crippen LogP contribution in [-0.2, 0) is 16.0 Å². The maximum Gasteiger partial charge on any atom is 0.305 e. The molecule has 1 saturated carbocycles. The molecule has 0 atom stereocenters. The lowest BCUT2D eigenvalue weighted by molar-refractivity contribution is -0.139. The molecule has 7 heteroatoms. The normalized spacial score (nSPS) is 15.8. The molecule has 1 aromatic carbocycles. The second-order valence-electron chi connectivity index (χ2n) is 6.47. The highest BCUT2D eigenvalue weighted by molar-refractivity contribution is 5.78. The van der Waals surface area contributed by atoms with Crippen LogP contribution in [0.4, 0.5) is 0 Å². The highest BCUT2D eigenvalue weighted by Gasteiger charge is 2.37. The number of rotatable bonds is 7. The van der Waals surface area contributed by atoms with Crippen molar-refractivity contribution in [2.24, 2.45) is 0 Å². The summed E-state index contributed by atoms with van der Waals surface area (Å²) in [6.45, 7) is 0. The van der Waals surface area contributed by atoms with Crippen molar-refractivity contribution in [1.82, 2.24) is 15.5 Å². The van der Waals surface area contributed by atoms with E-state index in [9.17, 15) is 9.59 Å². The molecule has 0 bridgehead atoms. The molecule has 0 unspecified atom stereocenters. The minimum Gasteiger partial charge on any atom is -0.481 e. The molecule has 0 saturated heterocycles. The zero-order chi connectivity index (χ0) is 17.7. The predicted octanol–water partition coefficient (Wildman–Crippen LogP) is 2.57. The first-order valence-electron chi connectivity index (χ1n) is 8.47.